The summed E-state index contributed by atoms with van der Waals surface area (Å²) in [6.45, 7) is 7.99. The number of unbranched alkanes of at least 4 members (excludes halogenated alkanes) is 10. The molecule has 0 heterocycles. The molecule has 0 aromatic carbocycles. The predicted octanol–water partition coefficient (Wildman–Crippen LogP) is 7.13. The number of hydrogen-bond acceptors (Lipinski definition) is 1. The third-order valence-electron chi connectivity index (χ3n) is 4.14. The summed E-state index contributed by atoms with van der Waals surface area (Å²) in [6.07, 6.45) is 18.2. The first kappa shape index (κ1) is 21.8. The Labute approximate surface area is 142 Å². The molecule has 0 saturated carbocycles. The zero-order chi connectivity index (χ0) is 15.6. The van der Waals surface area contributed by atoms with E-state index in [0.717, 1.165) is 6.61 Å². The topological polar surface area (TPSA) is 9.23 Å². The Balaban J connectivity index is 3.44. The van der Waals surface area contributed by atoms with Crippen LogP contribution in [0.4, 0.5) is 0 Å². The quantitative estimate of drug-likeness (QED) is 0.185. The second-order valence-electron chi connectivity index (χ2n) is 6.42. The Morgan fingerprint density at radius 1 is 0.524 bits per heavy atom. The van der Waals surface area contributed by atoms with E-state index in [-0.39, 0.29) is 0 Å². The predicted molar refractivity (Wildman–Crippen MR) is 98.4 cm³/mol. The van der Waals surface area contributed by atoms with Crippen LogP contribution in [0, 0.1) is 0 Å². The molecule has 0 aromatic rings. The molecule has 0 bridgehead atoms. The van der Waals surface area contributed by atoms with E-state index in [1.165, 1.54) is 92.3 Å². The second-order valence-corrected chi connectivity index (χ2v) is 13.2. The average Bonchev–Trinajstić information content (AvgIpc) is 2.49. The molecule has 0 N–H and O–H groups in total. The summed E-state index contributed by atoms with van der Waals surface area (Å²) in [7, 11) is 0. The van der Waals surface area contributed by atoms with Gasteiger partial charge < -0.3 is 0 Å². The molecule has 0 fully saturated rings. The van der Waals surface area contributed by atoms with Crippen molar-refractivity contribution in [1.29, 1.82) is 0 Å². The van der Waals surface area contributed by atoms with Crippen molar-refractivity contribution in [3.8, 4) is 0 Å². The van der Waals surface area contributed by atoms with Crippen LogP contribution >= 0.6 is 0 Å². The molecule has 127 valence electrons. The van der Waals surface area contributed by atoms with Crippen LogP contribution in [0.3, 0.4) is 0 Å². The normalized spacial score (nSPS) is 11.4. The van der Waals surface area contributed by atoms with E-state index < -0.39 is 20.2 Å². The molecule has 0 rings (SSSR count). The number of hydrogen-bond donors (Lipinski definition) is 0. The van der Waals surface area contributed by atoms with Crippen molar-refractivity contribution in [1.82, 2.24) is 0 Å². The van der Waals surface area contributed by atoms with Crippen LogP contribution in [-0.4, -0.2) is 26.8 Å². The van der Waals surface area contributed by atoms with E-state index in [2.05, 4.69) is 20.8 Å². The van der Waals surface area contributed by atoms with Crippen molar-refractivity contribution in [2.24, 2.45) is 0 Å². The van der Waals surface area contributed by atoms with Crippen molar-refractivity contribution < 1.29 is 3.07 Å². The average molecular weight is 404 g/mol. The van der Waals surface area contributed by atoms with E-state index in [9.17, 15) is 0 Å². The van der Waals surface area contributed by atoms with Crippen molar-refractivity contribution in [3.63, 3.8) is 0 Å². The minimum atomic E-state index is -1.44. The molecular weight excluding hydrogens is 363 g/mol. The molecule has 0 aromatic heterocycles. The first-order chi connectivity index (χ1) is 10.3. The molecule has 1 radical (unpaired) electrons. The monoisotopic (exact) mass is 405 g/mol. The third kappa shape index (κ3) is 17.0. The van der Waals surface area contributed by atoms with E-state index in [1.54, 1.807) is 0 Å². The summed E-state index contributed by atoms with van der Waals surface area (Å²) in [5, 5.41) is 0. The maximum absolute atomic E-state index is 6.31. The minimum absolute atomic E-state index is 1.08. The fraction of sp³-hybridized carbons (Fsp3) is 1.00. The van der Waals surface area contributed by atoms with Crippen LogP contribution < -0.4 is 0 Å². The zero-order valence-corrected chi connectivity index (χ0v) is 18.1. The van der Waals surface area contributed by atoms with E-state index in [0.29, 0.717) is 0 Å². The first-order valence-corrected chi connectivity index (χ1v) is 15.0. The van der Waals surface area contributed by atoms with Gasteiger partial charge in [-0.25, -0.2) is 0 Å². The van der Waals surface area contributed by atoms with Crippen LogP contribution in [0.25, 0.3) is 0 Å². The maximum atomic E-state index is 6.31. The van der Waals surface area contributed by atoms with E-state index >= 15 is 0 Å². The summed E-state index contributed by atoms with van der Waals surface area (Å²) in [5.74, 6) is 0. The van der Waals surface area contributed by atoms with Gasteiger partial charge in [-0.1, -0.05) is 0 Å². The van der Waals surface area contributed by atoms with Crippen LogP contribution in [0.2, 0.25) is 8.87 Å². The SMILES string of the molecule is CCCCCCCC[O][Sn]([CH2]CC)[CH2]CCCCCCC. The summed E-state index contributed by atoms with van der Waals surface area (Å²) in [5.41, 5.74) is 0. The van der Waals surface area contributed by atoms with Crippen molar-refractivity contribution in [2.45, 2.75) is 113 Å². The van der Waals surface area contributed by atoms with Gasteiger partial charge in [0.05, 0.1) is 0 Å². The molecule has 0 unspecified atom stereocenters. The molecule has 0 aliphatic heterocycles. The van der Waals surface area contributed by atoms with Crippen LogP contribution in [0.15, 0.2) is 0 Å². The summed E-state index contributed by atoms with van der Waals surface area (Å²) < 4.78 is 9.25. The Morgan fingerprint density at radius 3 is 1.62 bits per heavy atom. The van der Waals surface area contributed by atoms with Crippen molar-refractivity contribution >= 4 is 20.2 Å². The summed E-state index contributed by atoms with van der Waals surface area (Å²) in [4.78, 5) is 0. The molecule has 2 heteroatoms. The molecule has 0 aliphatic carbocycles. The second kappa shape index (κ2) is 18.8. The Kier molecular flexibility index (Phi) is 19.5. The van der Waals surface area contributed by atoms with Gasteiger partial charge in [0.1, 0.15) is 0 Å². The standard InChI is InChI=1S/C8H17O.C8H17.C3H7.Sn/c1-2-3-4-5-6-7-8-9;1-3-5-7-8-6-4-2;1-3-2;/h2-8H2,1H3;1,3-8H2,2H3;1,3H2,2H3;/q-1;;;+1. The Bertz CT molecular complexity index is 184. The fourth-order valence-corrected chi connectivity index (χ4v) is 8.95. The molecule has 0 saturated heterocycles. The van der Waals surface area contributed by atoms with E-state index in [4.69, 9.17) is 3.07 Å². The van der Waals surface area contributed by atoms with Crippen molar-refractivity contribution in [2.75, 3.05) is 6.61 Å². The van der Waals surface area contributed by atoms with Crippen LogP contribution in [0.1, 0.15) is 104 Å². The molecule has 21 heavy (non-hydrogen) atoms. The molecule has 0 spiro atoms. The number of rotatable bonds is 17. The van der Waals surface area contributed by atoms with E-state index in [1.807, 2.05) is 0 Å². The van der Waals surface area contributed by atoms with Gasteiger partial charge in [0, 0.05) is 0 Å². The van der Waals surface area contributed by atoms with Gasteiger partial charge >= 0.3 is 143 Å². The fourth-order valence-electron chi connectivity index (χ4n) is 2.75. The summed E-state index contributed by atoms with van der Waals surface area (Å²) in [6, 6.07) is 0. The van der Waals surface area contributed by atoms with Crippen LogP contribution in [-0.2, 0) is 3.07 Å². The van der Waals surface area contributed by atoms with Gasteiger partial charge in [-0.05, 0) is 0 Å². The molecule has 1 nitrogen and oxygen atoms in total. The van der Waals surface area contributed by atoms with Crippen molar-refractivity contribution in [3.05, 3.63) is 0 Å². The molecule has 0 atom stereocenters. The van der Waals surface area contributed by atoms with Crippen LogP contribution in [0.5, 0.6) is 0 Å². The zero-order valence-electron chi connectivity index (χ0n) is 15.2. The Morgan fingerprint density at radius 2 is 1.05 bits per heavy atom. The van der Waals surface area contributed by atoms with Gasteiger partial charge in [-0.2, -0.15) is 0 Å². The van der Waals surface area contributed by atoms with Gasteiger partial charge in [0.25, 0.3) is 0 Å². The van der Waals surface area contributed by atoms with Gasteiger partial charge in [-0.3, -0.25) is 0 Å². The van der Waals surface area contributed by atoms with Gasteiger partial charge in [0.2, 0.25) is 0 Å². The van der Waals surface area contributed by atoms with Gasteiger partial charge in [-0.15, -0.1) is 0 Å². The summed E-state index contributed by atoms with van der Waals surface area (Å²) >= 11 is -1.44. The third-order valence-corrected chi connectivity index (χ3v) is 11.5. The van der Waals surface area contributed by atoms with Gasteiger partial charge in [0.15, 0.2) is 0 Å². The molecule has 0 aliphatic rings. The Hall–Kier alpha value is 0.759. The first-order valence-electron chi connectivity index (χ1n) is 9.82. The molecular formula is C19H41OSn. The molecule has 0 amide bonds.